The van der Waals surface area contributed by atoms with Crippen molar-refractivity contribution < 1.29 is 24.0 Å². The minimum Gasteiger partial charge on any atom is -0.475 e. The Bertz CT molecular complexity index is 484. The van der Waals surface area contributed by atoms with Gasteiger partial charge in [0.05, 0.1) is 6.10 Å². The molecule has 2 atom stereocenters. The van der Waals surface area contributed by atoms with Crippen molar-refractivity contribution in [3.63, 3.8) is 0 Å². The molecule has 1 aliphatic heterocycles. The Hall–Kier alpha value is -1.89. The van der Waals surface area contributed by atoms with Crippen LogP contribution in [-0.4, -0.2) is 53.3 Å². The van der Waals surface area contributed by atoms with E-state index in [1.165, 1.54) is 0 Å². The highest BCUT2D eigenvalue weighted by molar-refractivity contribution is 5.94. The second-order valence-electron chi connectivity index (χ2n) is 4.67. The zero-order valence-electron chi connectivity index (χ0n) is 10.8. The van der Waals surface area contributed by atoms with Gasteiger partial charge in [0.25, 0.3) is 5.91 Å². The first-order valence-corrected chi connectivity index (χ1v) is 6.05. The molecule has 1 aliphatic rings. The van der Waals surface area contributed by atoms with Crippen molar-refractivity contribution in [1.29, 1.82) is 0 Å². The number of aromatic nitrogens is 1. The van der Waals surface area contributed by atoms with E-state index in [1.54, 1.807) is 12.0 Å². The zero-order valence-corrected chi connectivity index (χ0v) is 10.8. The van der Waals surface area contributed by atoms with Crippen LogP contribution in [0, 0.1) is 5.92 Å². The van der Waals surface area contributed by atoms with E-state index in [-0.39, 0.29) is 23.5 Å². The summed E-state index contributed by atoms with van der Waals surface area (Å²) in [4.78, 5) is 24.4. The van der Waals surface area contributed by atoms with Gasteiger partial charge >= 0.3 is 5.97 Å². The fourth-order valence-electron chi connectivity index (χ4n) is 2.16. The molecule has 0 radical (unpaired) electrons. The number of hydrogen-bond acceptors (Lipinski definition) is 5. The van der Waals surface area contributed by atoms with Crippen molar-refractivity contribution in [1.82, 2.24) is 10.1 Å². The Balaban J connectivity index is 2.08. The van der Waals surface area contributed by atoms with Crippen LogP contribution in [0.1, 0.15) is 34.4 Å². The molecule has 1 aromatic rings. The molecule has 1 saturated heterocycles. The van der Waals surface area contributed by atoms with Crippen molar-refractivity contribution in [2.45, 2.75) is 19.4 Å². The van der Waals surface area contributed by atoms with Crippen LogP contribution in [0.25, 0.3) is 0 Å². The van der Waals surface area contributed by atoms with Gasteiger partial charge in [0.15, 0.2) is 5.69 Å². The quantitative estimate of drug-likeness (QED) is 0.874. The van der Waals surface area contributed by atoms with Crippen molar-refractivity contribution in [3.8, 4) is 0 Å². The van der Waals surface area contributed by atoms with E-state index in [4.69, 9.17) is 9.84 Å². The molecular formula is C12H16N2O5. The molecule has 1 fully saturated rings. The molecule has 0 saturated carbocycles. The summed E-state index contributed by atoms with van der Waals surface area (Å²) in [6, 6.07) is 1.14. The molecule has 0 aliphatic carbocycles. The molecule has 1 aromatic heterocycles. The van der Waals surface area contributed by atoms with Gasteiger partial charge in [0.1, 0.15) is 0 Å². The van der Waals surface area contributed by atoms with Gasteiger partial charge in [-0.15, -0.1) is 0 Å². The minimum atomic E-state index is -1.24. The summed E-state index contributed by atoms with van der Waals surface area (Å²) < 4.78 is 9.92. The molecule has 1 amide bonds. The van der Waals surface area contributed by atoms with Crippen molar-refractivity contribution in [2.75, 3.05) is 20.2 Å². The number of likely N-dealkylation sites (tertiary alicyclic amines) is 1. The lowest BCUT2D eigenvalue weighted by Gasteiger charge is -2.35. The predicted molar refractivity (Wildman–Crippen MR) is 63.9 cm³/mol. The molecule has 2 unspecified atom stereocenters. The highest BCUT2D eigenvalue weighted by Gasteiger charge is 2.30. The lowest BCUT2D eigenvalue weighted by molar-refractivity contribution is -0.00191. The number of carbonyl (C=O) groups is 2. The van der Waals surface area contributed by atoms with Crippen LogP contribution < -0.4 is 0 Å². The van der Waals surface area contributed by atoms with Gasteiger partial charge in [-0.05, 0) is 12.3 Å². The highest BCUT2D eigenvalue weighted by Crippen LogP contribution is 2.21. The number of piperidine rings is 1. The number of carbonyl (C=O) groups excluding carboxylic acids is 1. The van der Waals surface area contributed by atoms with Crippen LogP contribution in [0.5, 0.6) is 0 Å². The number of amides is 1. The molecule has 0 aromatic carbocycles. The number of carboxylic acid groups (broad SMARTS) is 1. The molecule has 1 N–H and O–H groups in total. The number of hydrogen-bond donors (Lipinski definition) is 1. The monoisotopic (exact) mass is 268 g/mol. The maximum Gasteiger partial charge on any atom is 0.374 e. The van der Waals surface area contributed by atoms with E-state index in [9.17, 15) is 9.59 Å². The van der Waals surface area contributed by atoms with Crippen LogP contribution in [0.15, 0.2) is 10.6 Å². The van der Waals surface area contributed by atoms with Gasteiger partial charge in [0, 0.05) is 26.3 Å². The number of ether oxygens (including phenoxy) is 1. The Morgan fingerprint density at radius 1 is 1.58 bits per heavy atom. The fourth-order valence-corrected chi connectivity index (χ4v) is 2.16. The third-order valence-corrected chi connectivity index (χ3v) is 3.42. The third-order valence-electron chi connectivity index (χ3n) is 3.42. The number of rotatable bonds is 3. The lowest BCUT2D eigenvalue weighted by atomic mass is 9.95. The maximum atomic E-state index is 12.2. The second-order valence-corrected chi connectivity index (χ2v) is 4.67. The summed E-state index contributed by atoms with van der Waals surface area (Å²) in [7, 11) is 1.62. The SMILES string of the molecule is COC1CN(C(=O)c2cc(C(=O)O)on2)CCC1C. The molecule has 2 heterocycles. The van der Waals surface area contributed by atoms with Gasteiger partial charge in [-0.2, -0.15) is 0 Å². The average Bonchev–Trinajstić information content (AvgIpc) is 2.88. The molecule has 0 bridgehead atoms. The summed E-state index contributed by atoms with van der Waals surface area (Å²) in [5.41, 5.74) is 0.0156. The molecular weight excluding hydrogens is 252 g/mol. The number of carboxylic acids is 1. The fraction of sp³-hybridized carbons (Fsp3) is 0.583. The van der Waals surface area contributed by atoms with Crippen LogP contribution in [0.2, 0.25) is 0 Å². The van der Waals surface area contributed by atoms with E-state index >= 15 is 0 Å². The summed E-state index contributed by atoms with van der Waals surface area (Å²) in [5.74, 6) is -1.52. The number of nitrogens with zero attached hydrogens (tertiary/aromatic N) is 2. The molecule has 2 rings (SSSR count). The number of methoxy groups -OCH3 is 1. The minimum absolute atomic E-state index is 0.0106. The molecule has 104 valence electrons. The van der Waals surface area contributed by atoms with Crippen LogP contribution in [-0.2, 0) is 4.74 Å². The summed E-state index contributed by atoms with van der Waals surface area (Å²) in [5, 5.41) is 12.2. The first-order valence-electron chi connectivity index (χ1n) is 6.05. The molecule has 7 heteroatoms. The van der Waals surface area contributed by atoms with Crippen LogP contribution in [0.3, 0.4) is 0 Å². The van der Waals surface area contributed by atoms with Gasteiger partial charge in [-0.25, -0.2) is 4.79 Å². The van der Waals surface area contributed by atoms with E-state index in [2.05, 4.69) is 16.6 Å². The summed E-state index contributed by atoms with van der Waals surface area (Å²) in [6.45, 7) is 3.16. The van der Waals surface area contributed by atoms with Crippen molar-refractivity contribution in [3.05, 3.63) is 17.5 Å². The topological polar surface area (TPSA) is 92.9 Å². The third kappa shape index (κ3) is 2.76. The smallest absolute Gasteiger partial charge is 0.374 e. The molecule has 7 nitrogen and oxygen atoms in total. The van der Waals surface area contributed by atoms with Crippen LogP contribution in [0.4, 0.5) is 0 Å². The van der Waals surface area contributed by atoms with E-state index in [0.29, 0.717) is 19.0 Å². The van der Waals surface area contributed by atoms with Gasteiger partial charge in [0.2, 0.25) is 5.76 Å². The summed E-state index contributed by atoms with van der Waals surface area (Å²) >= 11 is 0. The Kier molecular flexibility index (Phi) is 3.84. The first kappa shape index (κ1) is 13.5. The lowest BCUT2D eigenvalue weighted by Crippen LogP contribution is -2.46. The zero-order chi connectivity index (χ0) is 14.0. The number of aromatic carboxylic acids is 1. The summed E-state index contributed by atoms with van der Waals surface area (Å²) in [6.07, 6.45) is 0.831. The maximum absolute atomic E-state index is 12.2. The van der Waals surface area contributed by atoms with E-state index < -0.39 is 5.97 Å². The Labute approximate surface area is 110 Å². The normalized spacial score (nSPS) is 23.4. The van der Waals surface area contributed by atoms with Crippen LogP contribution >= 0.6 is 0 Å². The molecule has 19 heavy (non-hydrogen) atoms. The average molecular weight is 268 g/mol. The second kappa shape index (κ2) is 5.40. The predicted octanol–water partition coefficient (Wildman–Crippen LogP) is 0.870. The largest absolute Gasteiger partial charge is 0.475 e. The van der Waals surface area contributed by atoms with Crippen molar-refractivity contribution >= 4 is 11.9 Å². The van der Waals surface area contributed by atoms with Gasteiger partial charge < -0.3 is 19.3 Å². The Morgan fingerprint density at radius 2 is 2.32 bits per heavy atom. The standard InChI is InChI=1S/C12H16N2O5/c1-7-3-4-14(6-10(7)18-2)11(15)8-5-9(12(16)17)19-13-8/h5,7,10H,3-4,6H2,1-2H3,(H,16,17). The highest BCUT2D eigenvalue weighted by atomic mass is 16.5. The van der Waals surface area contributed by atoms with E-state index in [1.807, 2.05) is 0 Å². The Morgan fingerprint density at radius 3 is 2.89 bits per heavy atom. The molecule has 0 spiro atoms. The van der Waals surface area contributed by atoms with Gasteiger partial charge in [-0.3, -0.25) is 4.79 Å². The van der Waals surface area contributed by atoms with Gasteiger partial charge in [-0.1, -0.05) is 12.1 Å². The van der Waals surface area contributed by atoms with E-state index in [0.717, 1.165) is 12.5 Å². The first-order chi connectivity index (χ1) is 9.02. The van der Waals surface area contributed by atoms with Crippen molar-refractivity contribution in [2.24, 2.45) is 5.92 Å².